The Labute approximate surface area is 214 Å². The molecule has 1 aliphatic heterocycles. The number of carbonyl (C=O) groups excluding carboxylic acids is 3. The molecule has 1 fully saturated rings. The molecule has 0 radical (unpaired) electrons. The van der Waals surface area contributed by atoms with Crippen molar-refractivity contribution in [3.63, 3.8) is 0 Å². The highest BCUT2D eigenvalue weighted by atomic mass is 35.5. The summed E-state index contributed by atoms with van der Waals surface area (Å²) in [6, 6.07) is 8.00. The summed E-state index contributed by atoms with van der Waals surface area (Å²) in [7, 11) is 1.54. The Balaban J connectivity index is 1.79. The van der Waals surface area contributed by atoms with Gasteiger partial charge in [-0.25, -0.2) is 0 Å². The lowest BCUT2D eigenvalue weighted by molar-refractivity contribution is -0.144. The molecule has 9 heteroatoms. The summed E-state index contributed by atoms with van der Waals surface area (Å²) in [5, 5.41) is 1.47. The van der Waals surface area contributed by atoms with Gasteiger partial charge in [0.1, 0.15) is 11.8 Å². The number of nitrogens with zero attached hydrogens (tertiary/aromatic N) is 2. The number of methoxy groups -OCH3 is 1. The molecule has 0 aromatic heterocycles. The van der Waals surface area contributed by atoms with Crippen molar-refractivity contribution in [2.45, 2.75) is 25.8 Å². The molecule has 34 heavy (non-hydrogen) atoms. The summed E-state index contributed by atoms with van der Waals surface area (Å²) in [6.07, 6.45) is 1.77. The number of ketones is 1. The Morgan fingerprint density at radius 2 is 1.79 bits per heavy atom. The number of hydrogen-bond donors (Lipinski definition) is 0. The number of ether oxygens (including phenoxy) is 1. The molecular formula is C25H25Cl3N2O4. The molecular weight excluding hydrogens is 499 g/mol. The second-order valence-electron chi connectivity index (χ2n) is 7.97. The Kier molecular flexibility index (Phi) is 8.63. The van der Waals surface area contributed by atoms with Crippen molar-refractivity contribution in [3.8, 4) is 16.9 Å². The smallest absolute Gasteiger partial charge is 0.246 e. The average molecular weight is 524 g/mol. The highest BCUT2D eigenvalue weighted by Gasteiger charge is 2.34. The van der Waals surface area contributed by atoms with E-state index in [1.807, 2.05) is 6.07 Å². The number of halogens is 3. The van der Waals surface area contributed by atoms with Gasteiger partial charge in [-0.15, -0.1) is 0 Å². The van der Waals surface area contributed by atoms with E-state index in [0.29, 0.717) is 44.9 Å². The van der Waals surface area contributed by atoms with Crippen LogP contribution < -0.4 is 4.74 Å². The Hall–Kier alpha value is -2.54. The van der Waals surface area contributed by atoms with Crippen molar-refractivity contribution in [1.29, 1.82) is 0 Å². The van der Waals surface area contributed by atoms with Crippen LogP contribution in [0.15, 0.2) is 43.0 Å². The van der Waals surface area contributed by atoms with E-state index >= 15 is 0 Å². The molecule has 1 atom stereocenters. The first-order valence-electron chi connectivity index (χ1n) is 10.7. The van der Waals surface area contributed by atoms with E-state index in [1.54, 1.807) is 29.2 Å². The molecule has 6 nitrogen and oxygen atoms in total. The maximum atomic E-state index is 13.0. The van der Waals surface area contributed by atoms with Crippen LogP contribution in [0.3, 0.4) is 0 Å². The van der Waals surface area contributed by atoms with Crippen LogP contribution in [-0.4, -0.2) is 60.2 Å². The van der Waals surface area contributed by atoms with Crippen molar-refractivity contribution in [2.75, 3.05) is 26.7 Å². The molecule has 2 aromatic carbocycles. The van der Waals surface area contributed by atoms with Crippen LogP contribution in [0.5, 0.6) is 5.75 Å². The van der Waals surface area contributed by atoms with Crippen molar-refractivity contribution in [2.24, 2.45) is 0 Å². The van der Waals surface area contributed by atoms with Crippen LogP contribution in [-0.2, 0) is 20.8 Å². The summed E-state index contributed by atoms with van der Waals surface area (Å²) >= 11 is 19.0. The lowest BCUT2D eigenvalue weighted by Gasteiger charge is -2.40. The summed E-state index contributed by atoms with van der Waals surface area (Å²) in [6.45, 7) is 5.70. The van der Waals surface area contributed by atoms with Crippen molar-refractivity contribution < 1.29 is 19.1 Å². The molecule has 3 rings (SSSR count). The van der Waals surface area contributed by atoms with Gasteiger partial charge in [-0.05, 0) is 55.3 Å². The van der Waals surface area contributed by atoms with Gasteiger partial charge in [-0.3, -0.25) is 14.4 Å². The van der Waals surface area contributed by atoms with Gasteiger partial charge in [0.25, 0.3) is 0 Å². The lowest BCUT2D eigenvalue weighted by Crippen LogP contribution is -2.58. The fourth-order valence-corrected chi connectivity index (χ4v) is 4.68. The van der Waals surface area contributed by atoms with Gasteiger partial charge in [0.2, 0.25) is 11.8 Å². The van der Waals surface area contributed by atoms with Gasteiger partial charge in [0.15, 0.2) is 5.78 Å². The van der Waals surface area contributed by atoms with E-state index < -0.39 is 6.04 Å². The third-order valence-electron chi connectivity index (χ3n) is 5.86. The topological polar surface area (TPSA) is 66.9 Å². The monoisotopic (exact) mass is 522 g/mol. The summed E-state index contributed by atoms with van der Waals surface area (Å²) < 4.78 is 5.48. The number of rotatable bonds is 7. The average Bonchev–Trinajstić information content (AvgIpc) is 2.83. The number of hydrogen-bond acceptors (Lipinski definition) is 4. The Morgan fingerprint density at radius 3 is 2.44 bits per heavy atom. The fraction of sp³-hybridized carbons (Fsp3) is 0.320. The molecule has 0 bridgehead atoms. The van der Waals surface area contributed by atoms with Crippen LogP contribution in [0.4, 0.5) is 0 Å². The van der Waals surface area contributed by atoms with Crippen LogP contribution in [0, 0.1) is 0 Å². The molecule has 1 aliphatic rings. The number of carbonyl (C=O) groups is 3. The van der Waals surface area contributed by atoms with Crippen LogP contribution in [0.2, 0.25) is 15.1 Å². The van der Waals surface area contributed by atoms with E-state index in [-0.39, 0.29) is 37.1 Å². The second-order valence-corrected chi connectivity index (χ2v) is 9.22. The summed E-state index contributed by atoms with van der Waals surface area (Å²) in [5.74, 6) is -0.0421. The maximum absolute atomic E-state index is 13.0. The number of Topliss-reactive ketones (excluding diaryl/α,β-unsaturated/α-hetero) is 1. The molecule has 1 heterocycles. The van der Waals surface area contributed by atoms with Gasteiger partial charge in [-0.2, -0.15) is 0 Å². The third kappa shape index (κ3) is 5.74. The summed E-state index contributed by atoms with van der Waals surface area (Å²) in [4.78, 5) is 40.2. The van der Waals surface area contributed by atoms with E-state index in [1.165, 1.54) is 25.0 Å². The second kappa shape index (κ2) is 11.3. The predicted octanol–water partition coefficient (Wildman–Crippen LogP) is 5.07. The Bertz CT molecular complexity index is 1140. The molecule has 2 aromatic rings. The first-order valence-corrected chi connectivity index (χ1v) is 11.8. The molecule has 0 spiro atoms. The van der Waals surface area contributed by atoms with Gasteiger partial charge in [0, 0.05) is 47.2 Å². The highest BCUT2D eigenvalue weighted by molar-refractivity contribution is 6.37. The minimum atomic E-state index is -0.676. The normalized spacial score (nSPS) is 15.7. The van der Waals surface area contributed by atoms with Gasteiger partial charge < -0.3 is 14.5 Å². The standard InChI is InChI=1S/C25H25Cl3N2O4/c1-4-24(32)30-10-9-29(14-22(30)15(2)31)25(33)8-5-16-11-18(21(28)13-23(16)34-3)19-12-17(26)6-7-20(19)27/h4,6-7,11-13,22H,1,5,8-10,14H2,2-3H3. The van der Waals surface area contributed by atoms with E-state index in [9.17, 15) is 14.4 Å². The van der Waals surface area contributed by atoms with Crippen molar-refractivity contribution in [1.82, 2.24) is 9.80 Å². The van der Waals surface area contributed by atoms with Gasteiger partial charge in [-0.1, -0.05) is 41.4 Å². The zero-order valence-corrected chi connectivity index (χ0v) is 21.2. The maximum Gasteiger partial charge on any atom is 0.246 e. The predicted molar refractivity (Wildman–Crippen MR) is 135 cm³/mol. The van der Waals surface area contributed by atoms with Crippen LogP contribution >= 0.6 is 34.8 Å². The van der Waals surface area contributed by atoms with E-state index in [4.69, 9.17) is 39.5 Å². The first-order chi connectivity index (χ1) is 16.2. The minimum Gasteiger partial charge on any atom is -0.496 e. The number of amides is 2. The molecule has 0 aliphatic carbocycles. The lowest BCUT2D eigenvalue weighted by atomic mass is 9.99. The van der Waals surface area contributed by atoms with Crippen molar-refractivity contribution >= 4 is 52.4 Å². The zero-order valence-electron chi connectivity index (χ0n) is 18.9. The fourth-order valence-electron chi connectivity index (χ4n) is 4.03. The highest BCUT2D eigenvalue weighted by Crippen LogP contribution is 2.39. The number of piperazine rings is 1. The molecule has 1 saturated heterocycles. The minimum absolute atomic E-state index is 0.115. The van der Waals surface area contributed by atoms with Crippen LogP contribution in [0.1, 0.15) is 18.9 Å². The molecule has 0 saturated carbocycles. The summed E-state index contributed by atoms with van der Waals surface area (Å²) in [5.41, 5.74) is 2.15. The van der Waals surface area contributed by atoms with E-state index in [2.05, 4.69) is 6.58 Å². The molecule has 1 unspecified atom stereocenters. The quantitative estimate of drug-likeness (QED) is 0.475. The number of aryl methyl sites for hydroxylation is 1. The first kappa shape index (κ1) is 26.1. The van der Waals surface area contributed by atoms with Crippen molar-refractivity contribution in [3.05, 3.63) is 63.6 Å². The van der Waals surface area contributed by atoms with Gasteiger partial charge >= 0.3 is 0 Å². The molecule has 0 N–H and O–H groups in total. The molecule has 2 amide bonds. The van der Waals surface area contributed by atoms with Crippen LogP contribution in [0.25, 0.3) is 11.1 Å². The largest absolute Gasteiger partial charge is 0.496 e. The van der Waals surface area contributed by atoms with E-state index in [0.717, 1.165) is 5.56 Å². The number of benzene rings is 2. The third-order valence-corrected chi connectivity index (χ3v) is 6.73. The molecule has 180 valence electrons. The van der Waals surface area contributed by atoms with Gasteiger partial charge in [0.05, 0.1) is 12.1 Å². The Morgan fingerprint density at radius 1 is 1.09 bits per heavy atom. The zero-order chi connectivity index (χ0) is 25.0. The SMILES string of the molecule is C=CC(=O)N1CCN(C(=O)CCc2cc(-c3cc(Cl)ccc3Cl)c(Cl)cc2OC)CC1C(C)=O.